The van der Waals surface area contributed by atoms with Crippen molar-refractivity contribution in [1.82, 2.24) is 5.32 Å². The van der Waals surface area contributed by atoms with Gasteiger partial charge < -0.3 is 14.8 Å². The van der Waals surface area contributed by atoms with Crippen molar-refractivity contribution >= 4 is 0 Å². The summed E-state index contributed by atoms with van der Waals surface area (Å²) in [6.45, 7) is 8.28. The maximum absolute atomic E-state index is 5.80. The summed E-state index contributed by atoms with van der Waals surface area (Å²) < 4.78 is 11.5. The first-order valence-electron chi connectivity index (χ1n) is 8.30. The van der Waals surface area contributed by atoms with Crippen LogP contribution in [0.15, 0.2) is 24.3 Å². The van der Waals surface area contributed by atoms with Crippen LogP contribution in [0.3, 0.4) is 0 Å². The summed E-state index contributed by atoms with van der Waals surface area (Å²) in [6, 6.07) is 8.89. The van der Waals surface area contributed by atoms with Gasteiger partial charge in [0, 0.05) is 12.6 Å². The smallest absolute Gasteiger partial charge is 0.119 e. The van der Waals surface area contributed by atoms with E-state index in [0.717, 1.165) is 31.7 Å². The van der Waals surface area contributed by atoms with Gasteiger partial charge in [-0.05, 0) is 63.8 Å². The standard InChI is InChI=1S/C18H29NO2/c1-4-11-19-18(13-17-6-5-12-20-17)15-7-9-16(10-8-15)21-14(2)3/h7-10,14,17-19H,4-6,11-13H2,1-3H3. The number of rotatable bonds is 8. The molecule has 0 saturated carbocycles. The molecular formula is C18H29NO2. The van der Waals surface area contributed by atoms with Crippen molar-refractivity contribution in [3.8, 4) is 5.75 Å². The van der Waals surface area contributed by atoms with Crippen molar-refractivity contribution in [1.29, 1.82) is 0 Å². The molecule has 1 N–H and O–H groups in total. The quantitative estimate of drug-likeness (QED) is 0.782. The van der Waals surface area contributed by atoms with Crippen molar-refractivity contribution in [3.05, 3.63) is 29.8 Å². The zero-order chi connectivity index (χ0) is 15.1. The van der Waals surface area contributed by atoms with Crippen LogP contribution in [0.2, 0.25) is 0 Å². The van der Waals surface area contributed by atoms with Crippen LogP contribution in [0.4, 0.5) is 0 Å². The highest BCUT2D eigenvalue weighted by Crippen LogP contribution is 2.26. The van der Waals surface area contributed by atoms with E-state index in [2.05, 4.69) is 50.4 Å². The fourth-order valence-corrected chi connectivity index (χ4v) is 2.80. The van der Waals surface area contributed by atoms with Crippen LogP contribution < -0.4 is 10.1 Å². The largest absolute Gasteiger partial charge is 0.491 e. The van der Waals surface area contributed by atoms with E-state index < -0.39 is 0 Å². The lowest BCUT2D eigenvalue weighted by molar-refractivity contribution is 0.0945. The maximum atomic E-state index is 5.80. The van der Waals surface area contributed by atoms with Crippen molar-refractivity contribution in [2.24, 2.45) is 0 Å². The molecule has 1 aliphatic heterocycles. The topological polar surface area (TPSA) is 30.5 Å². The molecule has 2 atom stereocenters. The van der Waals surface area contributed by atoms with Crippen molar-refractivity contribution < 1.29 is 9.47 Å². The molecule has 0 bridgehead atoms. The van der Waals surface area contributed by atoms with E-state index in [1.165, 1.54) is 18.4 Å². The molecule has 0 radical (unpaired) electrons. The zero-order valence-electron chi connectivity index (χ0n) is 13.6. The Morgan fingerprint density at radius 2 is 2.05 bits per heavy atom. The molecule has 1 aromatic rings. The fourth-order valence-electron chi connectivity index (χ4n) is 2.80. The minimum atomic E-state index is 0.219. The van der Waals surface area contributed by atoms with Crippen LogP contribution in [0.5, 0.6) is 5.75 Å². The number of hydrogen-bond donors (Lipinski definition) is 1. The first kappa shape index (κ1) is 16.3. The molecule has 1 saturated heterocycles. The monoisotopic (exact) mass is 291 g/mol. The fraction of sp³-hybridized carbons (Fsp3) is 0.667. The van der Waals surface area contributed by atoms with Gasteiger partial charge in [0.15, 0.2) is 0 Å². The average Bonchev–Trinajstić information content (AvgIpc) is 2.97. The zero-order valence-corrected chi connectivity index (χ0v) is 13.6. The lowest BCUT2D eigenvalue weighted by Gasteiger charge is -2.22. The van der Waals surface area contributed by atoms with E-state index in [9.17, 15) is 0 Å². The van der Waals surface area contributed by atoms with E-state index in [4.69, 9.17) is 9.47 Å². The molecule has 2 unspecified atom stereocenters. The molecule has 0 spiro atoms. The van der Waals surface area contributed by atoms with Gasteiger partial charge in [0.25, 0.3) is 0 Å². The second-order valence-electron chi connectivity index (χ2n) is 6.11. The molecule has 3 nitrogen and oxygen atoms in total. The Kier molecular flexibility index (Phi) is 6.52. The molecule has 1 aliphatic rings. The molecule has 0 aliphatic carbocycles. The van der Waals surface area contributed by atoms with Gasteiger partial charge in [0.1, 0.15) is 5.75 Å². The molecular weight excluding hydrogens is 262 g/mol. The normalized spacial score (nSPS) is 19.9. The minimum absolute atomic E-state index is 0.219. The van der Waals surface area contributed by atoms with E-state index in [1.54, 1.807) is 0 Å². The highest BCUT2D eigenvalue weighted by molar-refractivity contribution is 5.29. The van der Waals surface area contributed by atoms with Crippen molar-refractivity contribution in [2.45, 2.75) is 64.7 Å². The Balaban J connectivity index is 2.00. The van der Waals surface area contributed by atoms with Crippen LogP contribution in [0.25, 0.3) is 0 Å². The Labute approximate surface area is 129 Å². The molecule has 21 heavy (non-hydrogen) atoms. The van der Waals surface area contributed by atoms with Crippen LogP contribution in [-0.4, -0.2) is 25.4 Å². The summed E-state index contributed by atoms with van der Waals surface area (Å²) >= 11 is 0. The predicted octanol–water partition coefficient (Wildman–Crippen LogP) is 4.08. The Morgan fingerprint density at radius 1 is 1.29 bits per heavy atom. The highest BCUT2D eigenvalue weighted by Gasteiger charge is 2.21. The second-order valence-corrected chi connectivity index (χ2v) is 6.11. The second kappa shape index (κ2) is 8.40. The first-order valence-corrected chi connectivity index (χ1v) is 8.30. The molecule has 1 fully saturated rings. The summed E-state index contributed by atoms with van der Waals surface area (Å²) in [6.07, 6.45) is 5.23. The van der Waals surface area contributed by atoms with Crippen molar-refractivity contribution in [2.75, 3.05) is 13.2 Å². The SMILES string of the molecule is CCCNC(CC1CCCO1)c1ccc(OC(C)C)cc1. The van der Waals surface area contributed by atoms with Crippen LogP contribution in [-0.2, 0) is 4.74 Å². The number of nitrogens with one attached hydrogen (secondary N) is 1. The molecule has 1 heterocycles. The van der Waals surface area contributed by atoms with E-state index >= 15 is 0 Å². The summed E-state index contributed by atoms with van der Waals surface area (Å²) in [5, 5.41) is 3.65. The van der Waals surface area contributed by atoms with Gasteiger partial charge in [0.2, 0.25) is 0 Å². The molecule has 2 rings (SSSR count). The lowest BCUT2D eigenvalue weighted by Crippen LogP contribution is -2.26. The van der Waals surface area contributed by atoms with Gasteiger partial charge in [-0.3, -0.25) is 0 Å². The first-order chi connectivity index (χ1) is 10.2. The van der Waals surface area contributed by atoms with E-state index in [-0.39, 0.29) is 6.10 Å². The lowest BCUT2D eigenvalue weighted by atomic mass is 9.99. The number of hydrogen-bond acceptors (Lipinski definition) is 3. The Morgan fingerprint density at radius 3 is 2.62 bits per heavy atom. The Hall–Kier alpha value is -1.06. The maximum Gasteiger partial charge on any atom is 0.119 e. The summed E-state index contributed by atoms with van der Waals surface area (Å²) in [7, 11) is 0. The average molecular weight is 291 g/mol. The number of benzene rings is 1. The van der Waals surface area contributed by atoms with Gasteiger partial charge in [0.05, 0.1) is 12.2 Å². The van der Waals surface area contributed by atoms with Gasteiger partial charge >= 0.3 is 0 Å². The third-order valence-corrected chi connectivity index (χ3v) is 3.82. The Bertz CT molecular complexity index is 396. The molecule has 1 aromatic carbocycles. The molecule has 3 heteroatoms. The van der Waals surface area contributed by atoms with Gasteiger partial charge in [-0.25, -0.2) is 0 Å². The van der Waals surface area contributed by atoms with Gasteiger partial charge in [-0.2, -0.15) is 0 Å². The van der Waals surface area contributed by atoms with E-state index in [0.29, 0.717) is 12.1 Å². The third-order valence-electron chi connectivity index (χ3n) is 3.82. The van der Waals surface area contributed by atoms with Gasteiger partial charge in [-0.15, -0.1) is 0 Å². The van der Waals surface area contributed by atoms with Crippen molar-refractivity contribution in [3.63, 3.8) is 0 Å². The van der Waals surface area contributed by atoms with E-state index in [1.807, 2.05) is 0 Å². The van der Waals surface area contributed by atoms with Crippen LogP contribution >= 0.6 is 0 Å². The van der Waals surface area contributed by atoms with Gasteiger partial charge in [-0.1, -0.05) is 19.1 Å². The van der Waals surface area contributed by atoms with Crippen LogP contribution in [0, 0.1) is 0 Å². The summed E-state index contributed by atoms with van der Waals surface area (Å²) in [5.41, 5.74) is 1.33. The molecule has 0 aromatic heterocycles. The highest BCUT2D eigenvalue weighted by atomic mass is 16.5. The summed E-state index contributed by atoms with van der Waals surface area (Å²) in [4.78, 5) is 0. The summed E-state index contributed by atoms with van der Waals surface area (Å²) in [5.74, 6) is 0.945. The predicted molar refractivity (Wildman–Crippen MR) is 86.8 cm³/mol. The third kappa shape index (κ3) is 5.33. The number of ether oxygens (including phenoxy) is 2. The molecule has 118 valence electrons. The van der Waals surface area contributed by atoms with Crippen LogP contribution in [0.1, 0.15) is 58.1 Å². The minimum Gasteiger partial charge on any atom is -0.491 e. The molecule has 0 amide bonds.